The van der Waals surface area contributed by atoms with Gasteiger partial charge in [-0.1, -0.05) is 24.4 Å². The predicted molar refractivity (Wildman–Crippen MR) is 65.8 cm³/mol. The Hall–Kier alpha value is -0.955. The molecule has 15 heavy (non-hydrogen) atoms. The summed E-state index contributed by atoms with van der Waals surface area (Å²) in [7, 11) is 2.76. The third-order valence-corrected chi connectivity index (χ3v) is 2.41. The first-order valence-electron chi connectivity index (χ1n) is 5.49. The van der Waals surface area contributed by atoms with Gasteiger partial charge in [-0.2, -0.15) is 0 Å². The van der Waals surface area contributed by atoms with Crippen LogP contribution in [-0.4, -0.2) is 27.6 Å². The van der Waals surface area contributed by atoms with Crippen molar-refractivity contribution in [2.75, 3.05) is 20.3 Å². The smallest absolute Gasteiger partial charge is 0.154 e. The summed E-state index contributed by atoms with van der Waals surface area (Å²) in [6.07, 6.45) is 0.937. The van der Waals surface area contributed by atoms with E-state index in [4.69, 9.17) is 9.47 Å². The van der Waals surface area contributed by atoms with Gasteiger partial charge in [0, 0.05) is 20.1 Å². The van der Waals surface area contributed by atoms with Crippen LogP contribution in [0.3, 0.4) is 0 Å². The summed E-state index contributed by atoms with van der Waals surface area (Å²) in [6.45, 7) is 5.71. The molecule has 0 aliphatic rings. The highest BCUT2D eigenvalue weighted by Gasteiger charge is 2.00. The molecule has 1 rings (SSSR count). The standard InChI is InChI=1S/C12H19BO2/c1-10-5-6-11(13-2)9-12(10)15-8-4-7-14-3/h5-6,9,13H,4,7-8H2,1-3H3. The molecule has 0 aromatic heterocycles. The minimum atomic E-state index is 0.724. The molecule has 0 spiro atoms. The van der Waals surface area contributed by atoms with E-state index in [2.05, 4.69) is 31.9 Å². The zero-order valence-corrected chi connectivity index (χ0v) is 9.88. The first kappa shape index (κ1) is 12.1. The Bertz CT molecular complexity index is 300. The van der Waals surface area contributed by atoms with E-state index in [0.29, 0.717) is 0 Å². The lowest BCUT2D eigenvalue weighted by atomic mass is 9.73. The molecule has 1 aromatic carbocycles. The summed E-state index contributed by atoms with van der Waals surface area (Å²) in [6, 6.07) is 6.39. The third kappa shape index (κ3) is 3.96. The van der Waals surface area contributed by atoms with Gasteiger partial charge in [0.15, 0.2) is 7.28 Å². The molecule has 0 N–H and O–H groups in total. The van der Waals surface area contributed by atoms with Gasteiger partial charge in [0.05, 0.1) is 6.61 Å². The number of methoxy groups -OCH3 is 1. The van der Waals surface area contributed by atoms with E-state index in [0.717, 1.165) is 32.7 Å². The van der Waals surface area contributed by atoms with Crippen molar-refractivity contribution < 1.29 is 9.47 Å². The fourth-order valence-corrected chi connectivity index (χ4v) is 1.41. The molecule has 0 saturated carbocycles. The van der Waals surface area contributed by atoms with Gasteiger partial charge >= 0.3 is 0 Å². The van der Waals surface area contributed by atoms with Crippen LogP contribution in [0.15, 0.2) is 18.2 Å². The zero-order chi connectivity index (χ0) is 11.1. The Morgan fingerprint density at radius 2 is 2.07 bits per heavy atom. The highest BCUT2D eigenvalue weighted by Crippen LogP contribution is 2.15. The second-order valence-corrected chi connectivity index (χ2v) is 3.65. The average molecular weight is 206 g/mol. The van der Waals surface area contributed by atoms with Gasteiger partial charge in [-0.15, -0.1) is 0 Å². The molecule has 0 saturated heterocycles. The topological polar surface area (TPSA) is 18.5 Å². The molecule has 0 aliphatic heterocycles. The van der Waals surface area contributed by atoms with Crippen LogP contribution < -0.4 is 10.2 Å². The molecule has 2 nitrogen and oxygen atoms in total. The lowest BCUT2D eigenvalue weighted by Crippen LogP contribution is -2.12. The van der Waals surface area contributed by atoms with E-state index >= 15 is 0 Å². The number of hydrogen-bond donors (Lipinski definition) is 0. The van der Waals surface area contributed by atoms with E-state index in [-0.39, 0.29) is 0 Å². The van der Waals surface area contributed by atoms with Gasteiger partial charge < -0.3 is 9.47 Å². The third-order valence-electron chi connectivity index (χ3n) is 2.41. The predicted octanol–water partition coefficient (Wildman–Crippen LogP) is 1.52. The van der Waals surface area contributed by atoms with Gasteiger partial charge in [0.2, 0.25) is 0 Å². The molecule has 1 aromatic rings. The van der Waals surface area contributed by atoms with Crippen molar-refractivity contribution in [1.29, 1.82) is 0 Å². The minimum absolute atomic E-state index is 0.724. The minimum Gasteiger partial charge on any atom is -0.493 e. The van der Waals surface area contributed by atoms with Gasteiger partial charge in [0.25, 0.3) is 0 Å². The average Bonchev–Trinajstić information content (AvgIpc) is 2.26. The van der Waals surface area contributed by atoms with Crippen LogP contribution in [-0.2, 0) is 4.74 Å². The first-order valence-corrected chi connectivity index (χ1v) is 5.49. The molecule has 82 valence electrons. The number of benzene rings is 1. The number of aryl methyl sites for hydroxylation is 1. The summed E-state index contributed by atoms with van der Waals surface area (Å²) in [5, 5.41) is 0. The highest BCUT2D eigenvalue weighted by molar-refractivity contribution is 6.51. The Kier molecular flexibility index (Phi) is 5.26. The fraction of sp³-hybridized carbons (Fsp3) is 0.500. The molecular formula is C12H19BO2. The Morgan fingerprint density at radius 1 is 1.27 bits per heavy atom. The van der Waals surface area contributed by atoms with Gasteiger partial charge in [0.1, 0.15) is 5.75 Å². The van der Waals surface area contributed by atoms with Gasteiger partial charge in [-0.25, -0.2) is 0 Å². The van der Waals surface area contributed by atoms with Crippen molar-refractivity contribution in [1.82, 2.24) is 0 Å². The van der Waals surface area contributed by atoms with E-state index in [9.17, 15) is 0 Å². The normalized spacial score (nSPS) is 10.1. The maximum atomic E-state index is 5.70. The first-order chi connectivity index (χ1) is 7.27. The second kappa shape index (κ2) is 6.51. The molecule has 0 atom stereocenters. The van der Waals surface area contributed by atoms with Gasteiger partial charge in [-0.3, -0.25) is 0 Å². The molecule has 0 heterocycles. The van der Waals surface area contributed by atoms with Crippen molar-refractivity contribution in [2.24, 2.45) is 0 Å². The molecule has 0 bridgehead atoms. The van der Waals surface area contributed by atoms with Gasteiger partial charge in [-0.05, 0) is 18.6 Å². The van der Waals surface area contributed by atoms with Crippen LogP contribution in [0, 0.1) is 6.92 Å². The Balaban J connectivity index is 2.51. The summed E-state index contributed by atoms with van der Waals surface area (Å²) < 4.78 is 10.7. The van der Waals surface area contributed by atoms with E-state index in [1.165, 1.54) is 11.0 Å². The summed E-state index contributed by atoms with van der Waals surface area (Å²) >= 11 is 0. The van der Waals surface area contributed by atoms with E-state index < -0.39 is 0 Å². The SMILES string of the molecule is CBc1ccc(C)c(OCCCOC)c1. The molecule has 0 unspecified atom stereocenters. The van der Waals surface area contributed by atoms with Crippen LogP contribution in [0.25, 0.3) is 0 Å². The van der Waals surface area contributed by atoms with Crippen LogP contribution in [0.2, 0.25) is 6.82 Å². The molecule has 0 amide bonds. The van der Waals surface area contributed by atoms with Crippen molar-refractivity contribution in [2.45, 2.75) is 20.2 Å². The van der Waals surface area contributed by atoms with Crippen LogP contribution in [0.5, 0.6) is 5.75 Å². The zero-order valence-electron chi connectivity index (χ0n) is 9.88. The monoisotopic (exact) mass is 206 g/mol. The van der Waals surface area contributed by atoms with Crippen LogP contribution in [0.1, 0.15) is 12.0 Å². The molecule has 3 heteroatoms. The summed E-state index contributed by atoms with van der Waals surface area (Å²) in [5.74, 6) is 1.01. The lowest BCUT2D eigenvalue weighted by molar-refractivity contribution is 0.172. The lowest BCUT2D eigenvalue weighted by Gasteiger charge is -2.10. The molecule has 0 radical (unpaired) electrons. The maximum Gasteiger partial charge on any atom is 0.154 e. The number of hydrogen-bond acceptors (Lipinski definition) is 2. The second-order valence-electron chi connectivity index (χ2n) is 3.65. The van der Waals surface area contributed by atoms with Crippen molar-refractivity contribution in [3.8, 4) is 5.75 Å². The van der Waals surface area contributed by atoms with Crippen LogP contribution >= 0.6 is 0 Å². The quantitative estimate of drug-likeness (QED) is 0.519. The molecular weight excluding hydrogens is 187 g/mol. The number of rotatable bonds is 6. The number of ether oxygens (including phenoxy) is 2. The Labute approximate surface area is 92.8 Å². The largest absolute Gasteiger partial charge is 0.493 e. The highest BCUT2D eigenvalue weighted by atomic mass is 16.5. The summed E-state index contributed by atoms with van der Waals surface area (Å²) in [4.78, 5) is 0. The van der Waals surface area contributed by atoms with Crippen molar-refractivity contribution >= 4 is 12.7 Å². The van der Waals surface area contributed by atoms with E-state index in [1.807, 2.05) is 0 Å². The van der Waals surface area contributed by atoms with Crippen molar-refractivity contribution in [3.05, 3.63) is 23.8 Å². The Morgan fingerprint density at radius 3 is 2.73 bits per heavy atom. The van der Waals surface area contributed by atoms with E-state index in [1.54, 1.807) is 7.11 Å². The van der Waals surface area contributed by atoms with Crippen molar-refractivity contribution in [3.63, 3.8) is 0 Å². The maximum absolute atomic E-state index is 5.70. The van der Waals surface area contributed by atoms with Crippen LogP contribution in [0.4, 0.5) is 0 Å². The fourth-order valence-electron chi connectivity index (χ4n) is 1.41. The summed E-state index contributed by atoms with van der Waals surface area (Å²) in [5.41, 5.74) is 2.52. The molecule has 0 aliphatic carbocycles. The molecule has 0 fully saturated rings.